The number of carbonyl (C=O) groups excluding carboxylic acids is 2. The van der Waals surface area contributed by atoms with Crippen molar-refractivity contribution >= 4 is 29.1 Å². The predicted molar refractivity (Wildman–Crippen MR) is 141 cm³/mol. The molecule has 190 valence electrons. The Bertz CT molecular complexity index is 1440. The highest BCUT2D eigenvalue weighted by atomic mass is 35.5. The van der Waals surface area contributed by atoms with Crippen molar-refractivity contribution in [3.8, 4) is 28.3 Å². The lowest BCUT2D eigenvalue weighted by Gasteiger charge is -2.31. The molecule has 1 aliphatic rings. The van der Waals surface area contributed by atoms with Gasteiger partial charge in [0.05, 0.1) is 31.0 Å². The molecule has 9 heteroatoms. The van der Waals surface area contributed by atoms with E-state index in [0.717, 1.165) is 11.1 Å². The molecule has 0 atom stereocenters. The summed E-state index contributed by atoms with van der Waals surface area (Å²) in [5.41, 5.74) is 3.85. The zero-order valence-corrected chi connectivity index (χ0v) is 21.4. The zero-order chi connectivity index (χ0) is 25.9. The Morgan fingerprint density at radius 2 is 1.76 bits per heavy atom. The molecule has 3 heterocycles. The number of esters is 1. The second-order valence-corrected chi connectivity index (χ2v) is 9.29. The molecule has 1 aliphatic heterocycles. The van der Waals surface area contributed by atoms with Gasteiger partial charge in [-0.2, -0.15) is 5.10 Å². The minimum atomic E-state index is -0.195. The van der Waals surface area contributed by atoms with Crippen molar-refractivity contribution < 1.29 is 19.1 Å². The summed E-state index contributed by atoms with van der Waals surface area (Å²) in [7, 11) is 1.61. The number of halogens is 1. The first-order valence-corrected chi connectivity index (χ1v) is 12.6. The van der Waals surface area contributed by atoms with Crippen molar-refractivity contribution in [1.29, 1.82) is 0 Å². The first-order valence-electron chi connectivity index (χ1n) is 12.2. The lowest BCUT2D eigenvalue weighted by atomic mass is 9.96. The molecule has 8 nitrogen and oxygen atoms in total. The molecule has 0 radical (unpaired) electrons. The monoisotopic (exact) mass is 518 g/mol. The van der Waals surface area contributed by atoms with E-state index < -0.39 is 0 Å². The summed E-state index contributed by atoms with van der Waals surface area (Å²) in [6, 6.07) is 18.5. The van der Waals surface area contributed by atoms with Crippen molar-refractivity contribution in [1.82, 2.24) is 19.5 Å². The third-order valence-electron chi connectivity index (χ3n) is 6.57. The number of ether oxygens (including phenoxy) is 2. The first-order chi connectivity index (χ1) is 18.0. The lowest BCUT2D eigenvalue weighted by Crippen LogP contribution is -2.41. The average Bonchev–Trinajstić information content (AvgIpc) is 3.37. The molecule has 2 aromatic heterocycles. The van der Waals surface area contributed by atoms with Gasteiger partial charge in [0.25, 0.3) is 5.91 Å². The molecule has 0 saturated carbocycles. The third-order valence-corrected chi connectivity index (χ3v) is 6.82. The molecule has 0 aliphatic carbocycles. The van der Waals surface area contributed by atoms with Crippen LogP contribution in [0.5, 0.6) is 5.75 Å². The second-order valence-electron chi connectivity index (χ2n) is 8.85. The quantitative estimate of drug-likeness (QED) is 0.328. The van der Waals surface area contributed by atoms with Crippen LogP contribution in [-0.2, 0) is 9.53 Å². The van der Waals surface area contributed by atoms with Crippen LogP contribution in [0.3, 0.4) is 0 Å². The van der Waals surface area contributed by atoms with E-state index >= 15 is 0 Å². The second kappa shape index (κ2) is 10.6. The molecule has 0 bridgehead atoms. The number of benzene rings is 2. The van der Waals surface area contributed by atoms with E-state index in [-0.39, 0.29) is 17.8 Å². The standard InChI is InChI=1S/C28H27ClN4O4/c1-3-37-28(35)19-12-14-32(15-13-19)27(34)24-16-23(21-6-4-5-7-25(21)36-2)30-26-17-22(31-33(24)26)18-8-10-20(29)11-9-18/h4-11,16-17,19H,3,12-15H2,1-2H3. The highest BCUT2D eigenvalue weighted by Crippen LogP contribution is 2.31. The number of hydrogen-bond donors (Lipinski definition) is 0. The van der Waals surface area contributed by atoms with Gasteiger partial charge in [0.15, 0.2) is 5.65 Å². The van der Waals surface area contributed by atoms with E-state index in [1.807, 2.05) is 42.5 Å². The van der Waals surface area contributed by atoms with Crippen molar-refractivity contribution in [2.45, 2.75) is 19.8 Å². The van der Waals surface area contributed by atoms with Crippen LogP contribution in [0.25, 0.3) is 28.2 Å². The Morgan fingerprint density at radius 1 is 1.03 bits per heavy atom. The Kier molecular flexibility index (Phi) is 7.10. The van der Waals surface area contributed by atoms with Gasteiger partial charge in [-0.1, -0.05) is 35.9 Å². The molecule has 2 aromatic carbocycles. The third kappa shape index (κ3) is 5.02. The van der Waals surface area contributed by atoms with Crippen LogP contribution >= 0.6 is 11.6 Å². The number of likely N-dealkylation sites (tertiary alicyclic amines) is 1. The van der Waals surface area contributed by atoms with E-state index in [0.29, 0.717) is 66.0 Å². The van der Waals surface area contributed by atoms with Crippen molar-refractivity contribution in [2.75, 3.05) is 26.8 Å². The number of aromatic nitrogens is 3. The van der Waals surface area contributed by atoms with Gasteiger partial charge >= 0.3 is 5.97 Å². The van der Waals surface area contributed by atoms with E-state index in [2.05, 4.69) is 0 Å². The van der Waals surface area contributed by atoms with E-state index in [1.165, 1.54) is 0 Å². The van der Waals surface area contributed by atoms with Gasteiger partial charge in [-0.15, -0.1) is 0 Å². The normalized spacial score (nSPS) is 14.1. The highest BCUT2D eigenvalue weighted by molar-refractivity contribution is 6.30. The summed E-state index contributed by atoms with van der Waals surface area (Å²) in [5.74, 6) is 0.105. The van der Waals surface area contributed by atoms with E-state index in [1.54, 1.807) is 41.6 Å². The Morgan fingerprint density at radius 3 is 2.46 bits per heavy atom. The number of hydrogen-bond acceptors (Lipinski definition) is 6. The van der Waals surface area contributed by atoms with Gasteiger partial charge in [-0.05, 0) is 50.1 Å². The molecule has 1 amide bonds. The van der Waals surface area contributed by atoms with E-state index in [9.17, 15) is 9.59 Å². The van der Waals surface area contributed by atoms with E-state index in [4.69, 9.17) is 31.2 Å². The number of rotatable bonds is 6. The predicted octanol–water partition coefficient (Wildman–Crippen LogP) is 5.14. The number of para-hydroxylation sites is 1. The molecular weight excluding hydrogens is 492 g/mol. The molecular formula is C28H27ClN4O4. The fourth-order valence-electron chi connectivity index (χ4n) is 4.62. The molecule has 0 spiro atoms. The van der Waals surface area contributed by atoms with Crippen molar-refractivity contribution in [2.24, 2.45) is 5.92 Å². The fraction of sp³-hybridized carbons (Fsp3) is 0.286. The molecule has 1 saturated heterocycles. The molecule has 0 unspecified atom stereocenters. The summed E-state index contributed by atoms with van der Waals surface area (Å²) < 4.78 is 12.3. The number of fused-ring (bicyclic) bond motifs is 1. The zero-order valence-electron chi connectivity index (χ0n) is 20.7. The summed E-state index contributed by atoms with van der Waals surface area (Å²) in [6.45, 7) is 3.07. The van der Waals surface area contributed by atoms with Crippen LogP contribution < -0.4 is 4.74 Å². The number of amides is 1. The Balaban J connectivity index is 1.55. The Hall–Kier alpha value is -3.91. The van der Waals surface area contributed by atoms with Gasteiger partial charge < -0.3 is 14.4 Å². The SMILES string of the molecule is CCOC(=O)C1CCN(C(=O)c2cc(-c3ccccc3OC)nc3cc(-c4ccc(Cl)cc4)nn23)CC1. The summed E-state index contributed by atoms with van der Waals surface area (Å²) in [4.78, 5) is 32.6. The summed E-state index contributed by atoms with van der Waals surface area (Å²) in [5, 5.41) is 5.36. The largest absolute Gasteiger partial charge is 0.496 e. The van der Waals surface area contributed by atoms with Crippen LogP contribution in [0.4, 0.5) is 0 Å². The number of methoxy groups -OCH3 is 1. The molecule has 0 N–H and O–H groups in total. The molecule has 37 heavy (non-hydrogen) atoms. The minimum Gasteiger partial charge on any atom is -0.496 e. The number of piperidine rings is 1. The lowest BCUT2D eigenvalue weighted by molar-refractivity contribution is -0.149. The van der Waals surface area contributed by atoms with Crippen LogP contribution in [0.1, 0.15) is 30.3 Å². The topological polar surface area (TPSA) is 86.0 Å². The van der Waals surface area contributed by atoms with Crippen LogP contribution in [0.2, 0.25) is 5.02 Å². The number of nitrogens with zero attached hydrogens (tertiary/aromatic N) is 4. The van der Waals surface area contributed by atoms with Crippen molar-refractivity contribution in [3.63, 3.8) is 0 Å². The van der Waals surface area contributed by atoms with Gasteiger partial charge in [0.2, 0.25) is 0 Å². The molecule has 1 fully saturated rings. The Labute approximate surface area is 219 Å². The smallest absolute Gasteiger partial charge is 0.309 e. The summed E-state index contributed by atoms with van der Waals surface area (Å²) in [6.07, 6.45) is 1.13. The maximum Gasteiger partial charge on any atom is 0.309 e. The van der Waals surface area contributed by atoms with Gasteiger partial charge in [-0.25, -0.2) is 9.50 Å². The van der Waals surface area contributed by atoms with Gasteiger partial charge in [0, 0.05) is 35.3 Å². The number of carbonyl (C=O) groups is 2. The maximum absolute atomic E-state index is 13.8. The summed E-state index contributed by atoms with van der Waals surface area (Å²) >= 11 is 6.07. The molecule has 5 rings (SSSR count). The van der Waals surface area contributed by atoms with Crippen molar-refractivity contribution in [3.05, 3.63) is 71.4 Å². The van der Waals surface area contributed by atoms with Gasteiger partial charge in [0.1, 0.15) is 11.4 Å². The molecule has 4 aromatic rings. The maximum atomic E-state index is 13.8. The first kappa shape index (κ1) is 24.8. The van der Waals surface area contributed by atoms with Crippen LogP contribution in [0, 0.1) is 5.92 Å². The minimum absolute atomic E-state index is 0.170. The highest BCUT2D eigenvalue weighted by Gasteiger charge is 2.30. The average molecular weight is 519 g/mol. The fourth-order valence-corrected chi connectivity index (χ4v) is 4.75. The van der Waals surface area contributed by atoms with Crippen LogP contribution in [0.15, 0.2) is 60.7 Å². The van der Waals surface area contributed by atoms with Gasteiger partial charge in [-0.3, -0.25) is 9.59 Å². The van der Waals surface area contributed by atoms with Crippen LogP contribution in [-0.4, -0.2) is 58.2 Å².